The van der Waals surface area contributed by atoms with E-state index in [0.717, 1.165) is 38.2 Å². The molecule has 3 rings (SSSR count). The highest BCUT2D eigenvalue weighted by Gasteiger charge is 2.31. The van der Waals surface area contributed by atoms with Crippen molar-refractivity contribution in [3.63, 3.8) is 0 Å². The number of rotatable bonds is 6. The van der Waals surface area contributed by atoms with E-state index in [9.17, 15) is 18.0 Å². The maximum atomic E-state index is 13.0. The Hall–Kier alpha value is -2.39. The zero-order valence-electron chi connectivity index (χ0n) is 15.5. The molecule has 1 aromatic heterocycles. The lowest BCUT2D eigenvalue weighted by molar-refractivity contribution is -0.137. The van der Waals surface area contributed by atoms with Gasteiger partial charge in [-0.2, -0.15) is 13.2 Å². The smallest absolute Gasteiger partial charge is 0.379 e. The first kappa shape index (κ1) is 20.3. The summed E-state index contributed by atoms with van der Waals surface area (Å²) < 4.78 is 49.4. The monoisotopic (exact) mass is 397 g/mol. The Kier molecular flexibility index (Phi) is 6.35. The van der Waals surface area contributed by atoms with Gasteiger partial charge in [0.25, 0.3) is 5.91 Å². The predicted molar refractivity (Wildman–Crippen MR) is 95.9 cm³/mol. The van der Waals surface area contributed by atoms with E-state index in [2.05, 4.69) is 15.4 Å². The molecule has 0 unspecified atom stereocenters. The molecule has 1 fully saturated rings. The van der Waals surface area contributed by atoms with Crippen molar-refractivity contribution in [2.45, 2.75) is 19.5 Å². The molecule has 2 aromatic rings. The highest BCUT2D eigenvalue weighted by molar-refractivity contribution is 6.00. The Morgan fingerprint density at radius 2 is 2.04 bits per heavy atom. The van der Waals surface area contributed by atoms with E-state index in [1.165, 1.54) is 12.1 Å². The van der Waals surface area contributed by atoms with Gasteiger partial charge in [0.15, 0.2) is 5.76 Å². The molecule has 6 nitrogen and oxygen atoms in total. The van der Waals surface area contributed by atoms with Gasteiger partial charge in [0.2, 0.25) is 0 Å². The molecule has 0 aliphatic carbocycles. The standard InChI is InChI=1S/C19H22F3N3O3/c1-13-16(18(26)23-6-3-7-25-8-10-27-11-9-25)17(28-24-13)14-4-2-5-15(12-14)19(20,21)22/h2,4-5,12H,3,6-11H2,1H3,(H,23,26). The molecule has 0 bridgehead atoms. The number of hydrogen-bond donors (Lipinski definition) is 1. The van der Waals surface area contributed by atoms with Gasteiger partial charge in [-0.15, -0.1) is 0 Å². The van der Waals surface area contributed by atoms with Crippen LogP contribution in [0.25, 0.3) is 11.3 Å². The predicted octanol–water partition coefficient (Wildman–Crippen LogP) is 3.12. The summed E-state index contributed by atoms with van der Waals surface area (Å²) in [6.45, 7) is 6.05. The first-order valence-corrected chi connectivity index (χ1v) is 9.08. The minimum Gasteiger partial charge on any atom is -0.379 e. The van der Waals surface area contributed by atoms with E-state index in [0.29, 0.717) is 25.5 Å². The van der Waals surface area contributed by atoms with Gasteiger partial charge in [-0.25, -0.2) is 0 Å². The van der Waals surface area contributed by atoms with Crippen LogP contribution in [0.5, 0.6) is 0 Å². The van der Waals surface area contributed by atoms with Crippen LogP contribution < -0.4 is 5.32 Å². The van der Waals surface area contributed by atoms with Gasteiger partial charge in [0.05, 0.1) is 24.5 Å². The van der Waals surface area contributed by atoms with Gasteiger partial charge < -0.3 is 14.6 Å². The SMILES string of the molecule is Cc1noc(-c2cccc(C(F)(F)F)c2)c1C(=O)NCCCN1CCOCC1. The van der Waals surface area contributed by atoms with Crippen molar-refractivity contribution in [2.24, 2.45) is 0 Å². The Bertz CT molecular complexity index is 814. The Morgan fingerprint density at radius 3 is 2.75 bits per heavy atom. The number of halogens is 3. The highest BCUT2D eigenvalue weighted by atomic mass is 19.4. The molecule has 0 spiro atoms. The number of carbonyl (C=O) groups is 1. The van der Waals surface area contributed by atoms with E-state index < -0.39 is 17.6 Å². The average Bonchev–Trinajstić information content (AvgIpc) is 3.07. The van der Waals surface area contributed by atoms with Crippen LogP contribution in [0.2, 0.25) is 0 Å². The van der Waals surface area contributed by atoms with E-state index in [-0.39, 0.29) is 16.9 Å². The van der Waals surface area contributed by atoms with E-state index in [4.69, 9.17) is 9.26 Å². The second-order valence-electron chi connectivity index (χ2n) is 6.61. The summed E-state index contributed by atoms with van der Waals surface area (Å²) in [6.07, 6.45) is -3.72. The summed E-state index contributed by atoms with van der Waals surface area (Å²) >= 11 is 0. The van der Waals surface area contributed by atoms with Crippen molar-refractivity contribution < 1.29 is 27.2 Å². The first-order valence-electron chi connectivity index (χ1n) is 9.08. The minimum atomic E-state index is -4.48. The van der Waals surface area contributed by atoms with Gasteiger partial charge in [0.1, 0.15) is 5.56 Å². The number of carbonyl (C=O) groups excluding carboxylic acids is 1. The van der Waals surface area contributed by atoms with Crippen molar-refractivity contribution in [1.82, 2.24) is 15.4 Å². The lowest BCUT2D eigenvalue weighted by Crippen LogP contribution is -2.38. The molecule has 1 aromatic carbocycles. The van der Waals surface area contributed by atoms with Crippen LogP contribution in [0.4, 0.5) is 13.2 Å². The maximum Gasteiger partial charge on any atom is 0.416 e. The third kappa shape index (κ3) is 4.90. The maximum absolute atomic E-state index is 13.0. The van der Waals surface area contributed by atoms with Crippen molar-refractivity contribution >= 4 is 5.91 Å². The molecule has 28 heavy (non-hydrogen) atoms. The minimum absolute atomic E-state index is 0.0364. The summed E-state index contributed by atoms with van der Waals surface area (Å²) in [5.74, 6) is -0.373. The molecule has 1 aliphatic rings. The van der Waals surface area contributed by atoms with Crippen LogP contribution in [-0.4, -0.2) is 55.4 Å². The number of benzene rings is 1. The van der Waals surface area contributed by atoms with Crippen molar-refractivity contribution in [3.05, 3.63) is 41.1 Å². The van der Waals surface area contributed by atoms with Crippen LogP contribution in [-0.2, 0) is 10.9 Å². The number of nitrogens with zero attached hydrogens (tertiary/aromatic N) is 2. The van der Waals surface area contributed by atoms with Crippen LogP contribution in [0.15, 0.2) is 28.8 Å². The summed E-state index contributed by atoms with van der Waals surface area (Å²) in [5, 5.41) is 6.57. The molecule has 1 amide bonds. The highest BCUT2D eigenvalue weighted by Crippen LogP contribution is 2.33. The molecule has 0 radical (unpaired) electrons. The van der Waals surface area contributed by atoms with E-state index in [1.54, 1.807) is 6.92 Å². The number of amides is 1. The molecular weight excluding hydrogens is 375 g/mol. The van der Waals surface area contributed by atoms with Gasteiger partial charge >= 0.3 is 6.18 Å². The molecule has 1 N–H and O–H groups in total. The molecular formula is C19H22F3N3O3. The fraction of sp³-hybridized carbons (Fsp3) is 0.474. The van der Waals surface area contributed by atoms with Gasteiger partial charge in [-0.1, -0.05) is 17.3 Å². The lowest BCUT2D eigenvalue weighted by Gasteiger charge is -2.26. The Balaban J connectivity index is 1.66. The molecule has 1 aliphatic heterocycles. The normalized spacial score (nSPS) is 15.6. The number of aryl methyl sites for hydroxylation is 1. The van der Waals surface area contributed by atoms with Crippen molar-refractivity contribution in [1.29, 1.82) is 0 Å². The third-order valence-corrected chi connectivity index (χ3v) is 4.58. The Morgan fingerprint density at radius 1 is 1.29 bits per heavy atom. The first-order chi connectivity index (χ1) is 13.4. The fourth-order valence-electron chi connectivity index (χ4n) is 3.09. The lowest BCUT2D eigenvalue weighted by atomic mass is 10.0. The average molecular weight is 397 g/mol. The number of ether oxygens (including phenoxy) is 1. The number of morpholine rings is 1. The number of aromatic nitrogens is 1. The largest absolute Gasteiger partial charge is 0.416 e. The summed E-state index contributed by atoms with van der Waals surface area (Å²) in [5.41, 5.74) is -0.159. The zero-order valence-corrected chi connectivity index (χ0v) is 15.5. The second kappa shape index (κ2) is 8.74. The molecule has 152 valence electrons. The fourth-order valence-corrected chi connectivity index (χ4v) is 3.09. The summed E-state index contributed by atoms with van der Waals surface area (Å²) in [4.78, 5) is 14.8. The molecule has 0 saturated carbocycles. The molecule has 2 heterocycles. The van der Waals surface area contributed by atoms with Crippen LogP contribution >= 0.6 is 0 Å². The van der Waals surface area contributed by atoms with E-state index in [1.807, 2.05) is 0 Å². The number of hydrogen-bond acceptors (Lipinski definition) is 5. The summed E-state index contributed by atoms with van der Waals surface area (Å²) in [6, 6.07) is 4.66. The van der Waals surface area contributed by atoms with Crippen LogP contribution in [0.1, 0.15) is 28.0 Å². The van der Waals surface area contributed by atoms with Crippen molar-refractivity contribution in [3.8, 4) is 11.3 Å². The van der Waals surface area contributed by atoms with Crippen LogP contribution in [0.3, 0.4) is 0 Å². The second-order valence-corrected chi connectivity index (χ2v) is 6.61. The van der Waals surface area contributed by atoms with Gasteiger partial charge in [-0.05, 0) is 32.0 Å². The third-order valence-electron chi connectivity index (χ3n) is 4.58. The van der Waals surface area contributed by atoms with Crippen molar-refractivity contribution in [2.75, 3.05) is 39.4 Å². The summed E-state index contributed by atoms with van der Waals surface area (Å²) in [7, 11) is 0. The van der Waals surface area contributed by atoms with E-state index >= 15 is 0 Å². The quantitative estimate of drug-likeness (QED) is 0.759. The van der Waals surface area contributed by atoms with Gasteiger partial charge in [-0.3, -0.25) is 9.69 Å². The number of alkyl halides is 3. The zero-order chi connectivity index (χ0) is 20.1. The topological polar surface area (TPSA) is 67.6 Å². The molecule has 1 saturated heterocycles. The van der Waals surface area contributed by atoms with Crippen LogP contribution in [0, 0.1) is 6.92 Å². The number of nitrogens with one attached hydrogen (secondary N) is 1. The molecule has 0 atom stereocenters. The molecule has 9 heteroatoms. The Labute approximate surface area is 160 Å². The van der Waals surface area contributed by atoms with Gasteiger partial charge in [0, 0.05) is 25.2 Å².